The van der Waals surface area contributed by atoms with Crippen molar-refractivity contribution < 1.29 is 0 Å². The van der Waals surface area contributed by atoms with Crippen molar-refractivity contribution in [3.63, 3.8) is 0 Å². The lowest BCUT2D eigenvalue weighted by Crippen LogP contribution is -2.03. The Morgan fingerprint density at radius 1 is 1.50 bits per heavy atom. The molecule has 4 heteroatoms. The minimum absolute atomic E-state index is 0.0982. The van der Waals surface area contributed by atoms with Crippen molar-refractivity contribution >= 4 is 11.3 Å². The van der Waals surface area contributed by atoms with Gasteiger partial charge in [-0.3, -0.25) is 0 Å². The summed E-state index contributed by atoms with van der Waals surface area (Å²) >= 11 is 1.76. The van der Waals surface area contributed by atoms with Crippen LogP contribution in [0.15, 0.2) is 18.5 Å². The molecule has 0 aliphatic rings. The zero-order valence-corrected chi connectivity index (χ0v) is 10.7. The van der Waals surface area contributed by atoms with Crippen LogP contribution in [-0.4, -0.2) is 9.55 Å². The van der Waals surface area contributed by atoms with Crippen LogP contribution in [0.4, 0.5) is 0 Å². The SMILES string of the molecule is Cc1nc(Cn2ccc(C(C)N)c2)sc1C. The minimum atomic E-state index is 0.0982. The number of hydrogen-bond acceptors (Lipinski definition) is 3. The van der Waals surface area contributed by atoms with E-state index in [4.69, 9.17) is 5.73 Å². The molecule has 2 heterocycles. The maximum atomic E-state index is 5.82. The number of nitrogens with two attached hydrogens (primary N) is 1. The third kappa shape index (κ3) is 2.33. The number of aryl methyl sites for hydroxylation is 2. The average Bonchev–Trinajstić information content (AvgIpc) is 2.76. The van der Waals surface area contributed by atoms with Gasteiger partial charge < -0.3 is 10.3 Å². The van der Waals surface area contributed by atoms with Gasteiger partial charge in [-0.2, -0.15) is 0 Å². The van der Waals surface area contributed by atoms with E-state index < -0.39 is 0 Å². The summed E-state index contributed by atoms with van der Waals surface area (Å²) in [6.45, 7) is 7.00. The Morgan fingerprint density at radius 2 is 2.25 bits per heavy atom. The van der Waals surface area contributed by atoms with Crippen molar-refractivity contribution in [2.75, 3.05) is 0 Å². The molecule has 0 bridgehead atoms. The lowest BCUT2D eigenvalue weighted by atomic mass is 10.2. The number of thiazole rings is 1. The number of aromatic nitrogens is 2. The van der Waals surface area contributed by atoms with Crippen molar-refractivity contribution in [3.05, 3.63) is 39.6 Å². The Hall–Kier alpha value is -1.13. The molecule has 0 saturated carbocycles. The second kappa shape index (κ2) is 4.39. The highest BCUT2D eigenvalue weighted by molar-refractivity contribution is 7.11. The van der Waals surface area contributed by atoms with Gasteiger partial charge in [-0.15, -0.1) is 11.3 Å². The van der Waals surface area contributed by atoms with Crippen LogP contribution >= 0.6 is 11.3 Å². The van der Waals surface area contributed by atoms with Crippen molar-refractivity contribution in [2.24, 2.45) is 5.73 Å². The van der Waals surface area contributed by atoms with Gasteiger partial charge in [-0.05, 0) is 32.4 Å². The highest BCUT2D eigenvalue weighted by atomic mass is 32.1. The monoisotopic (exact) mass is 235 g/mol. The van der Waals surface area contributed by atoms with Crippen LogP contribution in [0.1, 0.15) is 34.1 Å². The van der Waals surface area contributed by atoms with E-state index in [9.17, 15) is 0 Å². The van der Waals surface area contributed by atoms with E-state index in [1.54, 1.807) is 11.3 Å². The molecule has 0 fully saturated rings. The third-order valence-corrected chi connectivity index (χ3v) is 3.75. The predicted molar refractivity (Wildman–Crippen MR) is 67.7 cm³/mol. The maximum absolute atomic E-state index is 5.82. The summed E-state index contributed by atoms with van der Waals surface area (Å²) in [5, 5.41) is 1.15. The van der Waals surface area contributed by atoms with Gasteiger partial charge in [0.15, 0.2) is 0 Å². The largest absolute Gasteiger partial charge is 0.347 e. The van der Waals surface area contributed by atoms with Crippen LogP contribution in [0.3, 0.4) is 0 Å². The van der Waals surface area contributed by atoms with E-state index in [0.717, 1.165) is 17.2 Å². The minimum Gasteiger partial charge on any atom is -0.347 e. The predicted octanol–water partition coefficient (Wildman–Crippen LogP) is 2.63. The van der Waals surface area contributed by atoms with Crippen LogP contribution in [0, 0.1) is 13.8 Å². The molecule has 3 nitrogen and oxygen atoms in total. The first kappa shape index (κ1) is 11.4. The van der Waals surface area contributed by atoms with Gasteiger partial charge in [0.1, 0.15) is 5.01 Å². The van der Waals surface area contributed by atoms with Gasteiger partial charge >= 0.3 is 0 Å². The lowest BCUT2D eigenvalue weighted by molar-refractivity contribution is 0.772. The van der Waals surface area contributed by atoms with E-state index in [-0.39, 0.29) is 6.04 Å². The molecule has 1 unspecified atom stereocenters. The van der Waals surface area contributed by atoms with E-state index in [1.807, 2.05) is 6.92 Å². The van der Waals surface area contributed by atoms with Gasteiger partial charge in [0.25, 0.3) is 0 Å². The van der Waals surface area contributed by atoms with Gasteiger partial charge in [0.05, 0.1) is 12.2 Å². The Morgan fingerprint density at radius 3 is 2.75 bits per heavy atom. The van der Waals surface area contributed by atoms with Gasteiger partial charge in [-0.25, -0.2) is 4.98 Å². The maximum Gasteiger partial charge on any atom is 0.113 e. The summed E-state index contributed by atoms with van der Waals surface area (Å²) in [5.41, 5.74) is 8.13. The van der Waals surface area contributed by atoms with Crippen molar-refractivity contribution in [1.82, 2.24) is 9.55 Å². The standard InChI is InChI=1S/C12H17N3S/c1-8(13)11-4-5-15(6-11)7-12-14-9(2)10(3)16-12/h4-6,8H,7,13H2,1-3H3. The quantitative estimate of drug-likeness (QED) is 0.888. The second-order valence-corrected chi connectivity index (χ2v) is 5.44. The summed E-state index contributed by atoms with van der Waals surface area (Å²) in [6.07, 6.45) is 4.15. The molecule has 0 radical (unpaired) electrons. The first-order chi connectivity index (χ1) is 7.56. The third-order valence-electron chi connectivity index (χ3n) is 2.69. The zero-order chi connectivity index (χ0) is 11.7. The lowest BCUT2D eigenvalue weighted by Gasteiger charge is -2.01. The zero-order valence-electron chi connectivity index (χ0n) is 9.90. The van der Waals surface area contributed by atoms with Gasteiger partial charge in [0, 0.05) is 23.3 Å². The fourth-order valence-corrected chi connectivity index (χ4v) is 2.53. The fourth-order valence-electron chi connectivity index (χ4n) is 1.59. The smallest absolute Gasteiger partial charge is 0.113 e. The summed E-state index contributed by atoms with van der Waals surface area (Å²) in [7, 11) is 0. The first-order valence-electron chi connectivity index (χ1n) is 5.40. The molecule has 16 heavy (non-hydrogen) atoms. The number of rotatable bonds is 3. The summed E-state index contributed by atoms with van der Waals surface area (Å²) < 4.78 is 2.14. The van der Waals surface area contributed by atoms with E-state index >= 15 is 0 Å². The molecule has 2 N–H and O–H groups in total. The van der Waals surface area contributed by atoms with Crippen LogP contribution in [0.5, 0.6) is 0 Å². The van der Waals surface area contributed by atoms with Gasteiger partial charge in [-0.1, -0.05) is 0 Å². The summed E-state index contributed by atoms with van der Waals surface area (Å²) in [6, 6.07) is 2.17. The molecule has 0 aromatic carbocycles. The molecule has 86 valence electrons. The first-order valence-corrected chi connectivity index (χ1v) is 6.22. The van der Waals surface area contributed by atoms with Crippen LogP contribution in [0.25, 0.3) is 0 Å². The average molecular weight is 235 g/mol. The molecule has 0 aliphatic carbocycles. The summed E-state index contributed by atoms with van der Waals surface area (Å²) in [5.74, 6) is 0. The Balaban J connectivity index is 2.14. The highest BCUT2D eigenvalue weighted by Crippen LogP contribution is 2.18. The van der Waals surface area contributed by atoms with E-state index in [0.29, 0.717) is 0 Å². The van der Waals surface area contributed by atoms with Gasteiger partial charge in [0.2, 0.25) is 0 Å². The van der Waals surface area contributed by atoms with E-state index in [2.05, 4.69) is 41.9 Å². The fraction of sp³-hybridized carbons (Fsp3) is 0.417. The molecule has 0 saturated heterocycles. The Bertz CT molecular complexity index is 463. The van der Waals surface area contributed by atoms with Crippen LogP contribution < -0.4 is 5.73 Å². The van der Waals surface area contributed by atoms with Crippen molar-refractivity contribution in [2.45, 2.75) is 33.4 Å². The highest BCUT2D eigenvalue weighted by Gasteiger charge is 2.06. The number of hydrogen-bond donors (Lipinski definition) is 1. The Labute approximate surface area is 99.9 Å². The molecule has 2 aromatic rings. The molecular weight excluding hydrogens is 218 g/mol. The molecule has 0 aliphatic heterocycles. The molecular formula is C12H17N3S. The molecule has 0 amide bonds. The molecule has 1 atom stereocenters. The Kier molecular flexibility index (Phi) is 3.12. The second-order valence-electron chi connectivity index (χ2n) is 4.16. The van der Waals surface area contributed by atoms with E-state index in [1.165, 1.54) is 10.4 Å². The summed E-state index contributed by atoms with van der Waals surface area (Å²) in [4.78, 5) is 5.83. The molecule has 2 rings (SSSR count). The number of nitrogens with zero attached hydrogens (tertiary/aromatic N) is 2. The molecule has 2 aromatic heterocycles. The van der Waals surface area contributed by atoms with Crippen LogP contribution in [-0.2, 0) is 6.54 Å². The van der Waals surface area contributed by atoms with Crippen LogP contribution in [0.2, 0.25) is 0 Å². The molecule has 0 spiro atoms. The van der Waals surface area contributed by atoms with Crippen molar-refractivity contribution in [1.29, 1.82) is 0 Å². The van der Waals surface area contributed by atoms with Crippen molar-refractivity contribution in [3.8, 4) is 0 Å². The normalized spacial score (nSPS) is 13.0. The topological polar surface area (TPSA) is 43.8 Å².